The SMILES string of the molecule is O=C1CCC(c2cccc(-c3ccc(CN4C(=O)CCCC45CC5)nc3)c2Cl)C(=O)N1. The van der Waals surface area contributed by atoms with E-state index < -0.39 is 5.92 Å². The fraction of sp³-hybridized carbons (Fsp3) is 0.417. The number of halogens is 1. The fourth-order valence-corrected chi connectivity index (χ4v) is 5.26. The van der Waals surface area contributed by atoms with E-state index in [4.69, 9.17) is 11.6 Å². The average Bonchev–Trinajstić information content (AvgIpc) is 3.52. The molecule has 3 fully saturated rings. The zero-order chi connectivity index (χ0) is 21.6. The molecule has 1 spiro atoms. The van der Waals surface area contributed by atoms with Crippen LogP contribution in [0.5, 0.6) is 0 Å². The van der Waals surface area contributed by atoms with Gasteiger partial charge in [0.05, 0.1) is 23.2 Å². The molecule has 0 bridgehead atoms. The van der Waals surface area contributed by atoms with E-state index in [1.165, 1.54) is 0 Å². The second-order valence-electron chi connectivity index (χ2n) is 8.81. The van der Waals surface area contributed by atoms with Gasteiger partial charge in [-0.15, -0.1) is 0 Å². The predicted octanol–water partition coefficient (Wildman–Crippen LogP) is 3.97. The van der Waals surface area contributed by atoms with Crippen molar-refractivity contribution in [2.45, 2.75) is 62.9 Å². The summed E-state index contributed by atoms with van der Waals surface area (Å²) in [6.45, 7) is 0.545. The Balaban J connectivity index is 1.37. The zero-order valence-electron chi connectivity index (χ0n) is 17.2. The molecule has 160 valence electrons. The third-order valence-corrected chi connectivity index (χ3v) is 7.25. The third kappa shape index (κ3) is 3.74. The van der Waals surface area contributed by atoms with Crippen molar-refractivity contribution in [3.63, 3.8) is 0 Å². The minimum Gasteiger partial charge on any atom is -0.331 e. The minimum atomic E-state index is -0.433. The molecule has 1 N–H and O–H groups in total. The number of carbonyl (C=O) groups excluding carboxylic acids is 3. The lowest BCUT2D eigenvalue weighted by molar-refractivity contribution is -0.138. The van der Waals surface area contributed by atoms with Crippen LogP contribution in [-0.4, -0.2) is 33.1 Å². The van der Waals surface area contributed by atoms with Gasteiger partial charge in [-0.25, -0.2) is 0 Å². The molecule has 1 atom stereocenters. The number of pyridine rings is 1. The lowest BCUT2D eigenvalue weighted by Crippen LogP contribution is -2.45. The van der Waals surface area contributed by atoms with Crippen molar-refractivity contribution in [3.05, 3.63) is 52.8 Å². The quantitative estimate of drug-likeness (QED) is 0.734. The van der Waals surface area contributed by atoms with Gasteiger partial charge in [-0.2, -0.15) is 0 Å². The van der Waals surface area contributed by atoms with Crippen LogP contribution in [-0.2, 0) is 20.9 Å². The van der Waals surface area contributed by atoms with E-state index >= 15 is 0 Å². The van der Waals surface area contributed by atoms with Gasteiger partial charge in [0.25, 0.3) is 0 Å². The van der Waals surface area contributed by atoms with Gasteiger partial charge >= 0.3 is 0 Å². The van der Waals surface area contributed by atoms with E-state index in [0.29, 0.717) is 30.8 Å². The molecule has 6 nitrogen and oxygen atoms in total. The number of carbonyl (C=O) groups is 3. The number of nitrogens with zero attached hydrogens (tertiary/aromatic N) is 2. The molecule has 1 aromatic carbocycles. The van der Waals surface area contributed by atoms with Crippen molar-refractivity contribution in [1.29, 1.82) is 0 Å². The number of hydrogen-bond donors (Lipinski definition) is 1. The summed E-state index contributed by atoms with van der Waals surface area (Å²) < 4.78 is 0. The Morgan fingerprint density at radius 3 is 2.65 bits per heavy atom. The van der Waals surface area contributed by atoms with Crippen molar-refractivity contribution in [2.75, 3.05) is 0 Å². The van der Waals surface area contributed by atoms with Crippen LogP contribution in [0.2, 0.25) is 5.02 Å². The number of nitrogens with one attached hydrogen (secondary N) is 1. The highest BCUT2D eigenvalue weighted by Crippen LogP contribution is 2.49. The molecule has 7 heteroatoms. The molecule has 3 aliphatic rings. The second kappa shape index (κ2) is 7.75. The van der Waals surface area contributed by atoms with Crippen LogP contribution in [0.3, 0.4) is 0 Å². The molecule has 5 rings (SSSR count). The Labute approximate surface area is 186 Å². The summed E-state index contributed by atoms with van der Waals surface area (Å²) in [6, 6.07) is 9.53. The highest BCUT2D eigenvalue weighted by atomic mass is 35.5. The number of amides is 3. The van der Waals surface area contributed by atoms with Gasteiger partial charge in [0.15, 0.2) is 0 Å². The van der Waals surface area contributed by atoms with Crippen molar-refractivity contribution < 1.29 is 14.4 Å². The van der Waals surface area contributed by atoms with Gasteiger partial charge in [0.2, 0.25) is 17.7 Å². The molecule has 1 unspecified atom stereocenters. The number of aromatic nitrogens is 1. The van der Waals surface area contributed by atoms with Crippen LogP contribution in [0.25, 0.3) is 11.1 Å². The van der Waals surface area contributed by atoms with E-state index in [9.17, 15) is 14.4 Å². The van der Waals surface area contributed by atoms with Gasteiger partial charge in [-0.3, -0.25) is 24.7 Å². The van der Waals surface area contributed by atoms with E-state index in [1.807, 2.05) is 35.2 Å². The summed E-state index contributed by atoms with van der Waals surface area (Å²) in [7, 11) is 0. The first-order chi connectivity index (χ1) is 15.0. The molecule has 1 aromatic heterocycles. The number of imide groups is 1. The maximum atomic E-state index is 12.4. The fourth-order valence-electron chi connectivity index (χ4n) is 4.89. The monoisotopic (exact) mass is 437 g/mol. The first-order valence-corrected chi connectivity index (χ1v) is 11.2. The first-order valence-electron chi connectivity index (χ1n) is 10.8. The minimum absolute atomic E-state index is 0.0786. The van der Waals surface area contributed by atoms with Crippen LogP contribution < -0.4 is 5.32 Å². The van der Waals surface area contributed by atoms with E-state index in [-0.39, 0.29) is 23.3 Å². The van der Waals surface area contributed by atoms with Gasteiger partial charge < -0.3 is 4.90 Å². The number of rotatable bonds is 4. The summed E-state index contributed by atoms with van der Waals surface area (Å²) in [6.07, 6.45) is 7.45. The molecular formula is C24H24ClN3O3. The summed E-state index contributed by atoms with van der Waals surface area (Å²) in [5.41, 5.74) is 3.32. The maximum Gasteiger partial charge on any atom is 0.234 e. The normalized spacial score (nSPS) is 22.5. The van der Waals surface area contributed by atoms with Crippen LogP contribution in [0, 0.1) is 0 Å². The average molecular weight is 438 g/mol. The molecule has 3 amide bonds. The Hall–Kier alpha value is -2.73. The van der Waals surface area contributed by atoms with Gasteiger partial charge in [0, 0.05) is 35.7 Å². The van der Waals surface area contributed by atoms with Crippen LogP contribution in [0.15, 0.2) is 36.5 Å². The van der Waals surface area contributed by atoms with Crippen LogP contribution in [0.4, 0.5) is 0 Å². The zero-order valence-corrected chi connectivity index (χ0v) is 18.0. The maximum absolute atomic E-state index is 12.4. The Kier molecular flexibility index (Phi) is 5.05. The number of benzene rings is 1. The third-order valence-electron chi connectivity index (χ3n) is 6.83. The highest BCUT2D eigenvalue weighted by molar-refractivity contribution is 6.34. The first kappa shape index (κ1) is 20.2. The van der Waals surface area contributed by atoms with E-state index in [0.717, 1.165) is 48.1 Å². The largest absolute Gasteiger partial charge is 0.331 e. The lowest BCUT2D eigenvalue weighted by Gasteiger charge is -2.36. The van der Waals surface area contributed by atoms with Crippen molar-refractivity contribution in [3.8, 4) is 11.1 Å². The van der Waals surface area contributed by atoms with Gasteiger partial charge in [0.1, 0.15) is 0 Å². The standard InChI is InChI=1S/C24H24ClN3O3/c25-22-17(3-1-4-18(22)19-8-9-20(29)27-23(19)31)15-6-7-16(26-13-15)14-28-21(30)5-2-10-24(28)11-12-24/h1,3-4,6-7,13,19H,2,5,8-12,14H2,(H,27,29,31). The summed E-state index contributed by atoms with van der Waals surface area (Å²) in [5, 5.41) is 2.90. The van der Waals surface area contributed by atoms with Crippen LogP contribution in [0.1, 0.15) is 62.1 Å². The van der Waals surface area contributed by atoms with Crippen molar-refractivity contribution >= 4 is 29.3 Å². The highest BCUT2D eigenvalue weighted by Gasteiger charge is 2.51. The van der Waals surface area contributed by atoms with Crippen molar-refractivity contribution in [1.82, 2.24) is 15.2 Å². The van der Waals surface area contributed by atoms with Crippen LogP contribution >= 0.6 is 11.6 Å². The Morgan fingerprint density at radius 1 is 1.10 bits per heavy atom. The van der Waals surface area contributed by atoms with E-state index in [2.05, 4.69) is 10.3 Å². The molecular weight excluding hydrogens is 414 g/mol. The summed E-state index contributed by atoms with van der Waals surface area (Å²) in [5.74, 6) is -0.746. The number of likely N-dealkylation sites (tertiary alicyclic amines) is 1. The molecule has 2 aliphatic heterocycles. The molecule has 2 saturated heterocycles. The molecule has 31 heavy (non-hydrogen) atoms. The molecule has 1 aliphatic carbocycles. The molecule has 3 heterocycles. The number of piperidine rings is 2. The lowest BCUT2D eigenvalue weighted by atomic mass is 9.88. The Morgan fingerprint density at radius 2 is 1.94 bits per heavy atom. The molecule has 1 saturated carbocycles. The predicted molar refractivity (Wildman–Crippen MR) is 116 cm³/mol. The molecule has 2 aromatic rings. The van der Waals surface area contributed by atoms with Gasteiger partial charge in [-0.1, -0.05) is 35.9 Å². The van der Waals surface area contributed by atoms with Crippen molar-refractivity contribution in [2.24, 2.45) is 0 Å². The number of hydrogen-bond acceptors (Lipinski definition) is 4. The smallest absolute Gasteiger partial charge is 0.234 e. The Bertz CT molecular complexity index is 1060. The molecule has 0 radical (unpaired) electrons. The summed E-state index contributed by atoms with van der Waals surface area (Å²) in [4.78, 5) is 42.8. The van der Waals surface area contributed by atoms with Gasteiger partial charge in [-0.05, 0) is 43.7 Å². The van der Waals surface area contributed by atoms with E-state index in [1.54, 1.807) is 6.20 Å². The summed E-state index contributed by atoms with van der Waals surface area (Å²) >= 11 is 6.69. The second-order valence-corrected chi connectivity index (χ2v) is 9.19. The topological polar surface area (TPSA) is 79.4 Å².